The van der Waals surface area contributed by atoms with E-state index in [0.717, 1.165) is 76.3 Å². The Hall–Kier alpha value is -3.94. The molecule has 0 aromatic carbocycles. The first kappa shape index (κ1) is 59.4. The van der Waals surface area contributed by atoms with Gasteiger partial charge in [-0.05, 0) is 146 Å². The first-order valence-electron chi connectivity index (χ1n) is 27.2. The number of rotatable bonds is 40. The molecule has 4 fully saturated rings. The summed E-state index contributed by atoms with van der Waals surface area (Å²) in [4.78, 5) is 79.9. The Balaban J connectivity index is 1.58. The topological polar surface area (TPSA) is 173 Å². The Kier molecular flexibility index (Phi) is 31.8. The van der Waals surface area contributed by atoms with Gasteiger partial charge >= 0.3 is 35.9 Å². The molecule has 3 aliphatic carbocycles. The lowest BCUT2D eigenvalue weighted by Gasteiger charge is -2.46. The Morgan fingerprint density at radius 1 is 0.551 bits per heavy atom. The number of ether oxygens (including phenoxy) is 6. The van der Waals surface area contributed by atoms with Gasteiger partial charge < -0.3 is 38.6 Å². The monoisotopic (exact) mass is 973 g/mol. The van der Waals surface area contributed by atoms with Crippen LogP contribution in [0.15, 0.2) is 24.3 Å². The molecule has 1 atom stereocenters. The Morgan fingerprint density at radius 2 is 1.00 bits per heavy atom. The van der Waals surface area contributed by atoms with E-state index in [2.05, 4.69) is 43.1 Å². The third-order valence-electron chi connectivity index (χ3n) is 13.8. The number of nitrogens with zero attached hydrogens (tertiary/aromatic N) is 1. The molecule has 0 radical (unpaired) electrons. The van der Waals surface area contributed by atoms with E-state index in [-0.39, 0.29) is 76.4 Å². The van der Waals surface area contributed by atoms with Crippen molar-refractivity contribution in [3.05, 3.63) is 24.3 Å². The third kappa shape index (κ3) is 28.5. The Labute approximate surface area is 415 Å². The second-order valence-corrected chi connectivity index (χ2v) is 20.2. The second kappa shape index (κ2) is 36.9. The number of likely N-dealkylation sites (tertiary alicyclic amines) is 1. The van der Waals surface area contributed by atoms with E-state index >= 15 is 0 Å². The van der Waals surface area contributed by atoms with Crippen LogP contribution in [0.4, 0.5) is 4.79 Å². The molecule has 14 heteroatoms. The number of alkyl carbamates (subject to hydrolysis) is 1. The molecule has 1 N–H and O–H groups in total. The predicted molar refractivity (Wildman–Crippen MR) is 267 cm³/mol. The minimum Gasteiger partial charge on any atom is -0.465 e. The van der Waals surface area contributed by atoms with Crippen LogP contribution in [0, 0.1) is 29.1 Å². The maximum absolute atomic E-state index is 13.6. The highest BCUT2D eigenvalue weighted by molar-refractivity contribution is 5.72. The van der Waals surface area contributed by atoms with Crippen LogP contribution in [0.3, 0.4) is 0 Å². The van der Waals surface area contributed by atoms with Crippen LogP contribution in [0.5, 0.6) is 0 Å². The highest BCUT2D eigenvalue weighted by Crippen LogP contribution is 2.50. The zero-order chi connectivity index (χ0) is 49.8. The van der Waals surface area contributed by atoms with Gasteiger partial charge in [-0.2, -0.15) is 0 Å². The molecular weight excluding hydrogens is 881 g/mol. The lowest BCUT2D eigenvalue weighted by Crippen LogP contribution is -2.45. The van der Waals surface area contributed by atoms with Gasteiger partial charge in [0, 0.05) is 45.2 Å². The molecule has 0 aromatic heterocycles. The van der Waals surface area contributed by atoms with Gasteiger partial charge in [0.25, 0.3) is 0 Å². The van der Waals surface area contributed by atoms with Gasteiger partial charge in [-0.1, -0.05) is 77.2 Å². The smallest absolute Gasteiger partial charge is 0.407 e. The van der Waals surface area contributed by atoms with Crippen LogP contribution in [0.2, 0.25) is 0 Å². The summed E-state index contributed by atoms with van der Waals surface area (Å²) in [7, 11) is 0. The number of fused-ring (bicyclic) bond motifs is 2. The molecule has 0 aromatic rings. The zero-order valence-corrected chi connectivity index (χ0v) is 43.1. The molecule has 394 valence electrons. The predicted octanol–water partition coefficient (Wildman–Crippen LogP) is 10.9. The van der Waals surface area contributed by atoms with Crippen LogP contribution < -0.4 is 5.32 Å². The SMILES string of the molecule is CCCCC/C=C\CCOC(=O)CCCCC(=O)OCC(COC(=O)CCCCC(=O)OCC/C=C\CCCCC)(COC(=O)CC(CC)CC1CC2CC(C1)C2)COC(=O)NCCN1CCCC1. The fraction of sp³-hybridized carbons (Fsp3) is 0.818. The number of carbonyl (C=O) groups is 6. The summed E-state index contributed by atoms with van der Waals surface area (Å²) in [6, 6.07) is 0. The van der Waals surface area contributed by atoms with Crippen LogP contribution in [0.1, 0.15) is 194 Å². The largest absolute Gasteiger partial charge is 0.465 e. The standard InChI is InChI=1S/C55H92N2O12/c1-4-7-9-11-13-15-23-33-64-49(58)25-17-19-27-51(60)66-41-55(44-69-54(63)56-29-32-57-30-21-22-31-57,43-68-53(62)40-45(6-3)35-46-36-47-38-48(37-46)39-47)42-67-52(61)28-20-18-26-50(59)65-34-24-16-14-12-10-8-5-2/h13-16,45-48H,4-12,17-44H2,1-3H3,(H,56,63)/b15-13-,16-14-. The number of hydrogen-bond donors (Lipinski definition) is 1. The quantitative estimate of drug-likeness (QED) is 0.0266. The van der Waals surface area contributed by atoms with Crippen LogP contribution >= 0.6 is 0 Å². The molecule has 1 unspecified atom stereocenters. The van der Waals surface area contributed by atoms with Crippen molar-refractivity contribution in [2.24, 2.45) is 29.1 Å². The lowest BCUT2D eigenvalue weighted by atomic mass is 9.60. The van der Waals surface area contributed by atoms with E-state index in [1.807, 2.05) is 12.2 Å². The highest BCUT2D eigenvalue weighted by atomic mass is 16.6. The molecule has 14 nitrogen and oxygen atoms in total. The maximum Gasteiger partial charge on any atom is 0.407 e. The average Bonchev–Trinajstić information content (AvgIpc) is 3.86. The summed E-state index contributed by atoms with van der Waals surface area (Å²) in [5.74, 6) is 0.249. The zero-order valence-electron chi connectivity index (χ0n) is 43.1. The van der Waals surface area contributed by atoms with E-state index < -0.39 is 29.4 Å². The summed E-state index contributed by atoms with van der Waals surface area (Å²) < 4.78 is 33.9. The van der Waals surface area contributed by atoms with Crippen molar-refractivity contribution in [1.82, 2.24) is 10.2 Å². The molecule has 69 heavy (non-hydrogen) atoms. The molecule has 4 aliphatic rings. The van der Waals surface area contributed by atoms with Crippen molar-refractivity contribution in [2.75, 3.05) is 65.8 Å². The number of unbranched alkanes of at least 4 members (excludes halogenated alkanes) is 8. The van der Waals surface area contributed by atoms with Crippen LogP contribution in [-0.4, -0.2) is 107 Å². The van der Waals surface area contributed by atoms with Gasteiger partial charge in [0.05, 0.1) is 13.2 Å². The summed E-state index contributed by atoms with van der Waals surface area (Å²) in [5.41, 5.74) is -1.41. The fourth-order valence-electron chi connectivity index (χ4n) is 9.54. The van der Waals surface area contributed by atoms with Gasteiger partial charge in [-0.25, -0.2) is 4.79 Å². The van der Waals surface area contributed by atoms with Gasteiger partial charge in [-0.15, -0.1) is 0 Å². The van der Waals surface area contributed by atoms with E-state index in [1.165, 1.54) is 51.4 Å². The van der Waals surface area contributed by atoms with E-state index in [0.29, 0.717) is 70.7 Å². The molecule has 1 aliphatic heterocycles. The average molecular weight is 973 g/mol. The van der Waals surface area contributed by atoms with Crippen molar-refractivity contribution >= 4 is 35.9 Å². The Bertz CT molecular complexity index is 1450. The number of hydrogen-bond acceptors (Lipinski definition) is 13. The number of esters is 5. The van der Waals surface area contributed by atoms with Gasteiger partial charge in [0.1, 0.15) is 31.8 Å². The third-order valence-corrected chi connectivity index (χ3v) is 13.8. The van der Waals surface area contributed by atoms with Crippen LogP contribution in [0.25, 0.3) is 0 Å². The van der Waals surface area contributed by atoms with Gasteiger partial charge in [0.2, 0.25) is 0 Å². The second-order valence-electron chi connectivity index (χ2n) is 20.2. The molecule has 4 rings (SSSR count). The van der Waals surface area contributed by atoms with Gasteiger partial charge in [-0.3, -0.25) is 24.0 Å². The summed E-state index contributed by atoms with van der Waals surface area (Å²) >= 11 is 0. The molecule has 2 bridgehead atoms. The molecule has 3 saturated carbocycles. The van der Waals surface area contributed by atoms with Crippen molar-refractivity contribution < 1.29 is 57.2 Å². The molecule has 0 spiro atoms. The molecule has 1 amide bonds. The van der Waals surface area contributed by atoms with Crippen molar-refractivity contribution in [3.63, 3.8) is 0 Å². The highest BCUT2D eigenvalue weighted by Gasteiger charge is 2.40. The fourth-order valence-corrected chi connectivity index (χ4v) is 9.54. The number of carbonyl (C=O) groups excluding carboxylic acids is 6. The first-order valence-corrected chi connectivity index (χ1v) is 27.2. The van der Waals surface area contributed by atoms with Crippen LogP contribution in [-0.2, 0) is 52.4 Å². The Morgan fingerprint density at radius 3 is 1.48 bits per heavy atom. The minimum atomic E-state index is -1.41. The van der Waals surface area contributed by atoms with Crippen molar-refractivity contribution in [3.8, 4) is 0 Å². The van der Waals surface area contributed by atoms with E-state index in [4.69, 9.17) is 28.4 Å². The minimum absolute atomic E-state index is 0.0144. The van der Waals surface area contributed by atoms with E-state index in [9.17, 15) is 28.8 Å². The summed E-state index contributed by atoms with van der Waals surface area (Å²) in [6.45, 7) is 8.66. The van der Waals surface area contributed by atoms with E-state index in [1.54, 1.807) is 0 Å². The van der Waals surface area contributed by atoms with Crippen molar-refractivity contribution in [1.29, 1.82) is 0 Å². The summed E-state index contributed by atoms with van der Waals surface area (Å²) in [6.07, 6.45) is 29.4. The molecule has 1 saturated heterocycles. The molecule has 1 heterocycles. The molecular formula is C55H92N2O12. The number of nitrogens with one attached hydrogen (secondary N) is 1. The first-order chi connectivity index (χ1) is 33.5. The lowest BCUT2D eigenvalue weighted by molar-refractivity contribution is -0.166. The van der Waals surface area contributed by atoms with Crippen molar-refractivity contribution in [2.45, 2.75) is 194 Å². The number of amides is 1. The summed E-state index contributed by atoms with van der Waals surface area (Å²) in [5, 5.41) is 2.79. The maximum atomic E-state index is 13.6. The normalized spacial score (nSPS) is 18.4. The number of allylic oxidation sites excluding steroid dienone is 2. The van der Waals surface area contributed by atoms with Gasteiger partial charge in [0.15, 0.2) is 0 Å².